The lowest BCUT2D eigenvalue weighted by molar-refractivity contribution is -0.125. The van der Waals surface area contributed by atoms with Crippen LogP contribution in [0, 0.1) is 5.82 Å². The minimum Gasteiger partial charge on any atom is -0.382 e. The molecule has 0 spiro atoms. The molecular weight excluding hydrogens is 385 g/mol. The van der Waals surface area contributed by atoms with Gasteiger partial charge in [-0.2, -0.15) is 9.78 Å². The Bertz CT molecular complexity index is 1100. The second-order valence-corrected chi connectivity index (χ2v) is 8.10. The van der Waals surface area contributed by atoms with Crippen LogP contribution in [0.5, 0.6) is 0 Å². The Balaban J connectivity index is 1.54. The van der Waals surface area contributed by atoms with E-state index < -0.39 is 6.10 Å². The molecule has 7 nitrogen and oxygen atoms in total. The highest BCUT2D eigenvalue weighted by Crippen LogP contribution is 2.26. The summed E-state index contributed by atoms with van der Waals surface area (Å²) < 4.78 is 15.1. The van der Waals surface area contributed by atoms with Crippen LogP contribution < -0.4 is 5.32 Å². The van der Waals surface area contributed by atoms with Gasteiger partial charge in [0.1, 0.15) is 11.6 Å². The van der Waals surface area contributed by atoms with E-state index >= 15 is 0 Å². The first-order chi connectivity index (χ1) is 14.3. The molecular formula is C22H22FN5O2. The number of anilines is 1. The number of pyridine rings is 1. The molecule has 154 valence electrons. The fourth-order valence-corrected chi connectivity index (χ4v) is 3.05. The molecule has 1 amide bonds. The number of oxime groups is 1. The normalized spacial score (nSPS) is 16.1. The Labute approximate surface area is 173 Å². The van der Waals surface area contributed by atoms with E-state index in [-0.39, 0.29) is 23.6 Å². The van der Waals surface area contributed by atoms with Crippen molar-refractivity contribution >= 4 is 17.4 Å². The van der Waals surface area contributed by atoms with Crippen LogP contribution in [-0.2, 0) is 15.0 Å². The van der Waals surface area contributed by atoms with Gasteiger partial charge in [0.15, 0.2) is 5.82 Å². The molecule has 1 atom stereocenters. The number of aromatic nitrogens is 3. The third-order valence-electron chi connectivity index (χ3n) is 4.71. The number of benzene rings is 1. The van der Waals surface area contributed by atoms with Crippen molar-refractivity contribution in [1.29, 1.82) is 0 Å². The molecule has 0 saturated carbocycles. The van der Waals surface area contributed by atoms with Crippen LogP contribution >= 0.6 is 0 Å². The van der Waals surface area contributed by atoms with Crippen molar-refractivity contribution in [2.75, 3.05) is 5.32 Å². The molecule has 0 saturated heterocycles. The zero-order chi connectivity index (χ0) is 21.3. The highest BCUT2D eigenvalue weighted by atomic mass is 19.1. The molecule has 2 aromatic heterocycles. The Hall–Kier alpha value is -3.55. The molecule has 3 heterocycles. The summed E-state index contributed by atoms with van der Waals surface area (Å²) in [6, 6.07) is 13.4. The van der Waals surface area contributed by atoms with E-state index in [9.17, 15) is 9.18 Å². The number of halogens is 1. The van der Waals surface area contributed by atoms with E-state index in [2.05, 4.69) is 20.6 Å². The molecule has 1 N–H and O–H groups in total. The van der Waals surface area contributed by atoms with Crippen molar-refractivity contribution in [2.45, 2.75) is 38.7 Å². The average Bonchev–Trinajstić information content (AvgIpc) is 3.36. The van der Waals surface area contributed by atoms with Gasteiger partial charge < -0.3 is 10.2 Å². The maximum Gasteiger partial charge on any atom is 0.269 e. The molecule has 3 aromatic rings. The third kappa shape index (κ3) is 4.07. The first-order valence-corrected chi connectivity index (χ1v) is 9.63. The lowest BCUT2D eigenvalue weighted by atomic mass is 9.92. The van der Waals surface area contributed by atoms with Gasteiger partial charge in [-0.3, -0.25) is 4.79 Å². The number of hydrogen-bond acceptors (Lipinski definition) is 5. The molecule has 0 fully saturated rings. The minimum absolute atomic E-state index is 0.211. The number of amides is 1. The maximum absolute atomic E-state index is 13.5. The Morgan fingerprint density at radius 2 is 2.03 bits per heavy atom. The standard InChI is InChI=1S/C22H22FN5O2/c1-22(2,3)18-13-20(28(26-18)19-9-4-5-10-24-19)25-21(29)17-12-16(27-30-17)14-7-6-8-15(23)11-14/h4-11,13,17H,12H2,1-3H3,(H,25,29). The number of hydrogen-bond donors (Lipinski definition) is 1. The van der Waals surface area contributed by atoms with Crippen LogP contribution in [0.4, 0.5) is 10.2 Å². The average molecular weight is 407 g/mol. The van der Waals surface area contributed by atoms with E-state index in [1.807, 2.05) is 45.0 Å². The first kappa shape index (κ1) is 19.8. The monoisotopic (exact) mass is 407 g/mol. The summed E-state index contributed by atoms with van der Waals surface area (Å²) in [6.45, 7) is 6.13. The molecule has 4 rings (SSSR count). The van der Waals surface area contributed by atoms with Crippen LogP contribution in [0.1, 0.15) is 38.4 Å². The lowest BCUT2D eigenvalue weighted by Crippen LogP contribution is -2.29. The Morgan fingerprint density at radius 3 is 2.73 bits per heavy atom. The zero-order valence-electron chi connectivity index (χ0n) is 17.0. The van der Waals surface area contributed by atoms with Crippen molar-refractivity contribution in [3.05, 3.63) is 71.8 Å². The highest BCUT2D eigenvalue weighted by Gasteiger charge is 2.30. The van der Waals surface area contributed by atoms with Crippen molar-refractivity contribution in [3.63, 3.8) is 0 Å². The van der Waals surface area contributed by atoms with E-state index in [1.54, 1.807) is 23.0 Å². The number of nitrogens with zero attached hydrogens (tertiary/aromatic N) is 4. The third-order valence-corrected chi connectivity index (χ3v) is 4.71. The van der Waals surface area contributed by atoms with Crippen LogP contribution in [0.3, 0.4) is 0 Å². The van der Waals surface area contributed by atoms with Gasteiger partial charge in [0.25, 0.3) is 5.91 Å². The predicted molar refractivity (Wildman–Crippen MR) is 111 cm³/mol. The minimum atomic E-state index is -0.812. The van der Waals surface area contributed by atoms with Crippen molar-refractivity contribution in [3.8, 4) is 5.82 Å². The number of carbonyl (C=O) groups is 1. The molecule has 8 heteroatoms. The van der Waals surface area contributed by atoms with Crippen LogP contribution in [0.15, 0.2) is 59.9 Å². The number of nitrogens with one attached hydrogen (secondary N) is 1. The van der Waals surface area contributed by atoms with Gasteiger partial charge in [-0.25, -0.2) is 9.37 Å². The molecule has 0 bridgehead atoms. The summed E-state index contributed by atoms with van der Waals surface area (Å²) >= 11 is 0. The Morgan fingerprint density at radius 1 is 1.20 bits per heavy atom. The van der Waals surface area contributed by atoms with Crippen molar-refractivity contribution in [2.24, 2.45) is 5.16 Å². The summed E-state index contributed by atoms with van der Waals surface area (Å²) in [5, 5.41) is 11.5. The quantitative estimate of drug-likeness (QED) is 0.713. The summed E-state index contributed by atoms with van der Waals surface area (Å²) in [5.74, 6) is 0.360. The Kier molecular flexibility index (Phi) is 5.07. The summed E-state index contributed by atoms with van der Waals surface area (Å²) in [5.41, 5.74) is 1.73. The second kappa shape index (κ2) is 7.70. The summed E-state index contributed by atoms with van der Waals surface area (Å²) in [6.07, 6.45) is 1.10. The molecule has 1 aliphatic heterocycles. The first-order valence-electron chi connectivity index (χ1n) is 9.63. The van der Waals surface area contributed by atoms with E-state index in [1.165, 1.54) is 12.1 Å². The SMILES string of the molecule is CC(C)(C)c1cc(NC(=O)C2CC(c3cccc(F)c3)=NO2)n(-c2ccccn2)n1. The van der Waals surface area contributed by atoms with Gasteiger partial charge in [0.05, 0.1) is 11.4 Å². The van der Waals surface area contributed by atoms with Crippen LogP contribution in [0.2, 0.25) is 0 Å². The lowest BCUT2D eigenvalue weighted by Gasteiger charge is -2.13. The van der Waals surface area contributed by atoms with E-state index in [0.717, 1.165) is 5.69 Å². The van der Waals surface area contributed by atoms with Gasteiger partial charge in [-0.05, 0) is 24.3 Å². The van der Waals surface area contributed by atoms with Gasteiger partial charge in [0.2, 0.25) is 6.10 Å². The fourth-order valence-electron chi connectivity index (χ4n) is 3.05. The van der Waals surface area contributed by atoms with Gasteiger partial charge >= 0.3 is 0 Å². The molecule has 30 heavy (non-hydrogen) atoms. The van der Waals surface area contributed by atoms with Crippen molar-refractivity contribution in [1.82, 2.24) is 14.8 Å². The van der Waals surface area contributed by atoms with Crippen molar-refractivity contribution < 1.29 is 14.0 Å². The molecule has 0 radical (unpaired) electrons. The fraction of sp³-hybridized carbons (Fsp3) is 0.273. The second-order valence-electron chi connectivity index (χ2n) is 8.10. The van der Waals surface area contributed by atoms with E-state index in [0.29, 0.717) is 22.9 Å². The predicted octanol–water partition coefficient (Wildman–Crippen LogP) is 3.84. The molecule has 1 aromatic carbocycles. The van der Waals surface area contributed by atoms with Gasteiger partial charge in [-0.15, -0.1) is 0 Å². The summed E-state index contributed by atoms with van der Waals surface area (Å²) in [7, 11) is 0. The van der Waals surface area contributed by atoms with Gasteiger partial charge in [0, 0.05) is 29.7 Å². The van der Waals surface area contributed by atoms with Crippen LogP contribution in [-0.4, -0.2) is 32.5 Å². The van der Waals surface area contributed by atoms with Gasteiger partial charge in [-0.1, -0.05) is 44.1 Å². The smallest absolute Gasteiger partial charge is 0.269 e. The van der Waals surface area contributed by atoms with Crippen LogP contribution in [0.25, 0.3) is 5.82 Å². The number of carbonyl (C=O) groups excluding carboxylic acids is 1. The zero-order valence-corrected chi connectivity index (χ0v) is 17.0. The topological polar surface area (TPSA) is 81.4 Å². The summed E-state index contributed by atoms with van der Waals surface area (Å²) in [4.78, 5) is 22.5. The molecule has 1 aliphatic rings. The molecule has 1 unspecified atom stereocenters. The largest absolute Gasteiger partial charge is 0.382 e. The maximum atomic E-state index is 13.5. The molecule has 0 aliphatic carbocycles. The number of rotatable bonds is 4. The highest BCUT2D eigenvalue weighted by molar-refractivity contribution is 6.06. The van der Waals surface area contributed by atoms with E-state index in [4.69, 9.17) is 4.84 Å².